The van der Waals surface area contributed by atoms with Crippen LogP contribution < -0.4 is 15.2 Å². The second-order valence-electron chi connectivity index (χ2n) is 7.28. The number of nitrogens with one attached hydrogen (secondary N) is 1. The van der Waals surface area contributed by atoms with E-state index in [-0.39, 0.29) is 22.3 Å². The van der Waals surface area contributed by atoms with Crippen LogP contribution in [0.5, 0.6) is 17.2 Å². The van der Waals surface area contributed by atoms with E-state index >= 15 is 0 Å². The van der Waals surface area contributed by atoms with Crippen molar-refractivity contribution in [3.05, 3.63) is 47.0 Å². The first-order valence-corrected chi connectivity index (χ1v) is 10.6. The monoisotopic (exact) mass is 434 g/mol. The number of carboxylic acids is 1. The van der Waals surface area contributed by atoms with Gasteiger partial charge in [0, 0.05) is 12.1 Å². The maximum absolute atomic E-state index is 12.5. The van der Waals surface area contributed by atoms with Gasteiger partial charge in [-0.1, -0.05) is 12.1 Å². The van der Waals surface area contributed by atoms with E-state index in [1.165, 1.54) is 30.3 Å². The highest BCUT2D eigenvalue weighted by atomic mass is 32.2. The quantitative estimate of drug-likeness (QED) is 0.462. The Bertz CT molecular complexity index is 1090. The molecule has 0 spiro atoms. The Morgan fingerprint density at radius 2 is 1.77 bits per heavy atom. The average Bonchev–Trinajstić information content (AvgIpc) is 3.42. The van der Waals surface area contributed by atoms with Crippen molar-refractivity contribution in [2.45, 2.75) is 43.5 Å². The SMILES string of the molecule is Cc1cc(C(C(N)=O)C(=O)O)cc(C)c1Oc1ccc(O)c(S(=O)(=O)NC2CC2)c1. The molecule has 10 heteroatoms. The number of aryl methyl sites for hydroxylation is 2. The molecule has 30 heavy (non-hydrogen) atoms. The summed E-state index contributed by atoms with van der Waals surface area (Å²) >= 11 is 0. The summed E-state index contributed by atoms with van der Waals surface area (Å²) in [6.45, 7) is 3.33. The number of hydrogen-bond donors (Lipinski definition) is 4. The Labute approximate surface area is 173 Å². The topological polar surface area (TPSA) is 156 Å². The zero-order valence-corrected chi connectivity index (χ0v) is 17.2. The van der Waals surface area contributed by atoms with Gasteiger partial charge in [0.2, 0.25) is 15.9 Å². The van der Waals surface area contributed by atoms with Crippen LogP contribution in [0.1, 0.15) is 35.4 Å². The normalized spacial score (nSPS) is 14.9. The summed E-state index contributed by atoms with van der Waals surface area (Å²) in [7, 11) is -3.90. The van der Waals surface area contributed by atoms with E-state index < -0.39 is 33.6 Å². The van der Waals surface area contributed by atoms with Crippen LogP contribution in [-0.4, -0.2) is 36.5 Å². The van der Waals surface area contributed by atoms with Crippen molar-refractivity contribution < 1.29 is 33.0 Å². The highest BCUT2D eigenvalue weighted by molar-refractivity contribution is 7.89. The van der Waals surface area contributed by atoms with E-state index in [2.05, 4.69) is 4.72 Å². The van der Waals surface area contributed by atoms with Crippen LogP contribution in [0.2, 0.25) is 0 Å². The van der Waals surface area contributed by atoms with Gasteiger partial charge in [-0.2, -0.15) is 0 Å². The minimum atomic E-state index is -3.90. The molecule has 160 valence electrons. The Balaban J connectivity index is 1.94. The van der Waals surface area contributed by atoms with Crippen LogP contribution >= 0.6 is 0 Å². The van der Waals surface area contributed by atoms with E-state index in [9.17, 15) is 28.2 Å². The number of ether oxygens (including phenoxy) is 1. The molecule has 0 radical (unpaired) electrons. The second-order valence-corrected chi connectivity index (χ2v) is 8.97. The number of rotatable bonds is 8. The fourth-order valence-corrected chi connectivity index (χ4v) is 4.53. The lowest BCUT2D eigenvalue weighted by atomic mass is 9.94. The largest absolute Gasteiger partial charge is 0.507 e. The van der Waals surface area contributed by atoms with Crippen molar-refractivity contribution in [2.24, 2.45) is 5.73 Å². The Hall–Kier alpha value is -3.11. The van der Waals surface area contributed by atoms with Gasteiger partial charge in [0.25, 0.3) is 0 Å². The summed E-state index contributed by atoms with van der Waals surface area (Å²) in [6, 6.07) is 6.71. The summed E-state index contributed by atoms with van der Waals surface area (Å²) in [5, 5.41) is 19.3. The van der Waals surface area contributed by atoms with Gasteiger partial charge in [-0.3, -0.25) is 9.59 Å². The second kappa shape index (κ2) is 7.96. The van der Waals surface area contributed by atoms with E-state index in [0.29, 0.717) is 16.9 Å². The summed E-state index contributed by atoms with van der Waals surface area (Å²) in [4.78, 5) is 22.6. The first-order valence-electron chi connectivity index (χ1n) is 9.16. The third-order valence-electron chi connectivity index (χ3n) is 4.69. The standard InChI is InChI=1S/C20H22N2O7S/c1-10-7-12(17(19(21)24)20(25)26)8-11(2)18(10)29-14-5-6-15(23)16(9-14)30(27,28)22-13-3-4-13/h5-9,13,17,22-23H,3-4H2,1-2H3,(H2,21,24)(H,25,26). The minimum Gasteiger partial charge on any atom is -0.507 e. The molecule has 3 rings (SSSR count). The van der Waals surface area contributed by atoms with Gasteiger partial charge in [0.05, 0.1) is 0 Å². The number of hydrogen-bond acceptors (Lipinski definition) is 6. The van der Waals surface area contributed by atoms with Crippen molar-refractivity contribution in [3.63, 3.8) is 0 Å². The fraction of sp³-hybridized carbons (Fsp3) is 0.300. The Morgan fingerprint density at radius 3 is 2.27 bits per heavy atom. The maximum Gasteiger partial charge on any atom is 0.320 e. The molecule has 2 aromatic carbocycles. The van der Waals surface area contributed by atoms with Gasteiger partial charge < -0.3 is 20.7 Å². The fourth-order valence-electron chi connectivity index (χ4n) is 3.12. The summed E-state index contributed by atoms with van der Waals surface area (Å²) < 4.78 is 33.3. The van der Waals surface area contributed by atoms with Crippen molar-refractivity contribution in [1.82, 2.24) is 4.72 Å². The lowest BCUT2D eigenvalue weighted by molar-refractivity contribution is -0.142. The van der Waals surface area contributed by atoms with E-state index in [0.717, 1.165) is 12.8 Å². The maximum atomic E-state index is 12.5. The third kappa shape index (κ3) is 4.55. The highest BCUT2D eigenvalue weighted by Crippen LogP contribution is 2.35. The predicted octanol–water partition coefficient (Wildman–Crippen LogP) is 1.90. The first-order chi connectivity index (χ1) is 14.0. The first kappa shape index (κ1) is 21.6. The molecule has 2 aromatic rings. The number of aliphatic carboxylic acids is 1. The molecule has 1 unspecified atom stereocenters. The number of aromatic hydroxyl groups is 1. The van der Waals surface area contributed by atoms with Crippen LogP contribution in [0.4, 0.5) is 0 Å². The van der Waals surface area contributed by atoms with Crippen LogP contribution in [0, 0.1) is 13.8 Å². The van der Waals surface area contributed by atoms with Crippen molar-refractivity contribution in [3.8, 4) is 17.2 Å². The molecule has 1 atom stereocenters. The lowest BCUT2D eigenvalue weighted by Crippen LogP contribution is -2.28. The molecule has 5 N–H and O–H groups in total. The molecular weight excluding hydrogens is 412 g/mol. The number of amides is 1. The van der Waals surface area contributed by atoms with Crippen LogP contribution in [0.3, 0.4) is 0 Å². The molecule has 0 bridgehead atoms. The highest BCUT2D eigenvalue weighted by Gasteiger charge is 2.30. The molecule has 0 aliphatic heterocycles. The molecule has 0 aromatic heterocycles. The minimum absolute atomic E-state index is 0.122. The number of phenolic OH excluding ortho intramolecular Hbond substituents is 1. The van der Waals surface area contributed by atoms with Crippen LogP contribution in [-0.2, 0) is 19.6 Å². The van der Waals surface area contributed by atoms with Crippen molar-refractivity contribution in [1.29, 1.82) is 0 Å². The summed E-state index contributed by atoms with van der Waals surface area (Å²) in [6.07, 6.45) is 1.51. The van der Waals surface area contributed by atoms with Gasteiger partial charge >= 0.3 is 5.97 Å². The Morgan fingerprint density at radius 1 is 1.17 bits per heavy atom. The Kier molecular flexibility index (Phi) is 5.73. The third-order valence-corrected chi connectivity index (χ3v) is 6.24. The molecule has 1 saturated carbocycles. The van der Waals surface area contributed by atoms with E-state index in [1.807, 2.05) is 0 Å². The molecular formula is C20H22N2O7S. The van der Waals surface area contributed by atoms with Crippen molar-refractivity contribution >= 4 is 21.9 Å². The number of carboxylic acid groups (broad SMARTS) is 1. The van der Waals surface area contributed by atoms with Gasteiger partial charge in [0.15, 0.2) is 5.92 Å². The molecule has 9 nitrogen and oxygen atoms in total. The average molecular weight is 434 g/mol. The number of nitrogens with two attached hydrogens (primary N) is 1. The van der Waals surface area contributed by atoms with Crippen LogP contribution in [0.25, 0.3) is 0 Å². The van der Waals surface area contributed by atoms with E-state index in [4.69, 9.17) is 10.5 Å². The van der Waals surface area contributed by atoms with Crippen LogP contribution in [0.15, 0.2) is 35.2 Å². The number of benzene rings is 2. The number of carbonyl (C=O) groups is 2. The lowest BCUT2D eigenvalue weighted by Gasteiger charge is -2.17. The summed E-state index contributed by atoms with van der Waals surface area (Å²) in [5.41, 5.74) is 6.49. The zero-order valence-electron chi connectivity index (χ0n) is 16.4. The van der Waals surface area contributed by atoms with Gasteiger partial charge in [0.1, 0.15) is 22.1 Å². The molecule has 1 aliphatic carbocycles. The number of primary amides is 1. The number of phenols is 1. The van der Waals surface area contributed by atoms with Gasteiger partial charge in [-0.15, -0.1) is 0 Å². The molecule has 0 heterocycles. The predicted molar refractivity (Wildman–Crippen MR) is 107 cm³/mol. The molecule has 1 aliphatic rings. The van der Waals surface area contributed by atoms with E-state index in [1.54, 1.807) is 13.8 Å². The molecule has 1 fully saturated rings. The van der Waals surface area contributed by atoms with Gasteiger partial charge in [-0.25, -0.2) is 13.1 Å². The summed E-state index contributed by atoms with van der Waals surface area (Å²) in [5.74, 6) is -3.68. The smallest absolute Gasteiger partial charge is 0.320 e. The number of sulfonamides is 1. The molecule has 1 amide bonds. The number of carbonyl (C=O) groups excluding carboxylic acids is 1. The van der Waals surface area contributed by atoms with Gasteiger partial charge in [-0.05, 0) is 55.5 Å². The zero-order chi connectivity index (χ0) is 22.2. The molecule has 0 saturated heterocycles. The van der Waals surface area contributed by atoms with Crippen molar-refractivity contribution in [2.75, 3.05) is 0 Å².